The van der Waals surface area contributed by atoms with Crippen LogP contribution in [0, 0.1) is 13.8 Å². The molecule has 1 aromatic carbocycles. The Hall–Kier alpha value is -1.55. The highest BCUT2D eigenvalue weighted by atomic mass is 16.5. The first-order valence-electron chi connectivity index (χ1n) is 7.14. The average Bonchev–Trinajstić information content (AvgIpc) is 2.43. The zero-order chi connectivity index (χ0) is 15.0. The summed E-state index contributed by atoms with van der Waals surface area (Å²) < 4.78 is 10.9. The molecule has 0 spiro atoms. The lowest BCUT2D eigenvalue weighted by atomic mass is 10.1. The summed E-state index contributed by atoms with van der Waals surface area (Å²) in [6.45, 7) is 9.73. The van der Waals surface area contributed by atoms with Crippen molar-refractivity contribution in [1.29, 1.82) is 0 Å². The maximum atomic E-state index is 11.9. The normalized spacial score (nSPS) is 12.0. The minimum Gasteiger partial charge on any atom is -0.481 e. The Kier molecular flexibility index (Phi) is 7.09. The first-order valence-corrected chi connectivity index (χ1v) is 7.14. The molecule has 0 aliphatic heterocycles. The lowest BCUT2D eigenvalue weighted by molar-refractivity contribution is -0.127. The number of aryl methyl sites for hydroxylation is 1. The number of rotatable bonds is 8. The zero-order valence-corrected chi connectivity index (χ0v) is 12.9. The Morgan fingerprint density at radius 1 is 1.35 bits per heavy atom. The van der Waals surface area contributed by atoms with Gasteiger partial charge >= 0.3 is 0 Å². The van der Waals surface area contributed by atoms with Crippen molar-refractivity contribution in [3.63, 3.8) is 0 Å². The maximum absolute atomic E-state index is 11.9. The van der Waals surface area contributed by atoms with Crippen LogP contribution in [0.5, 0.6) is 5.75 Å². The average molecular weight is 279 g/mol. The van der Waals surface area contributed by atoms with E-state index in [4.69, 9.17) is 9.47 Å². The van der Waals surface area contributed by atoms with E-state index in [-0.39, 0.29) is 5.91 Å². The van der Waals surface area contributed by atoms with Crippen LogP contribution in [0.2, 0.25) is 0 Å². The third-order valence-corrected chi connectivity index (χ3v) is 3.20. The van der Waals surface area contributed by atoms with E-state index in [1.54, 1.807) is 6.92 Å². The molecular weight excluding hydrogens is 254 g/mol. The molecule has 0 saturated heterocycles. The van der Waals surface area contributed by atoms with Crippen LogP contribution in [-0.4, -0.2) is 31.8 Å². The molecule has 112 valence electrons. The highest BCUT2D eigenvalue weighted by Gasteiger charge is 2.15. The molecule has 0 heterocycles. The lowest BCUT2D eigenvalue weighted by Crippen LogP contribution is -2.37. The predicted octanol–water partition coefficient (Wildman–Crippen LogP) is 2.61. The molecule has 0 aliphatic rings. The van der Waals surface area contributed by atoms with E-state index >= 15 is 0 Å². The molecule has 1 aromatic rings. The SMILES string of the molecule is CCOCCCNC(=O)[C@H](C)Oc1cccc(C)c1C. The minimum absolute atomic E-state index is 0.0950. The van der Waals surface area contributed by atoms with Gasteiger partial charge in [0.25, 0.3) is 5.91 Å². The standard InChI is InChI=1S/C16H25NO3/c1-5-19-11-7-10-17-16(18)14(4)20-15-9-6-8-12(2)13(15)3/h6,8-9,14H,5,7,10-11H2,1-4H3,(H,17,18)/t14-/m0/s1. The van der Waals surface area contributed by atoms with Crippen molar-refractivity contribution in [3.8, 4) is 5.75 Å². The number of benzene rings is 1. The molecule has 20 heavy (non-hydrogen) atoms. The second-order valence-corrected chi connectivity index (χ2v) is 4.80. The summed E-state index contributed by atoms with van der Waals surface area (Å²) in [6, 6.07) is 5.85. The lowest BCUT2D eigenvalue weighted by Gasteiger charge is -2.17. The molecule has 1 N–H and O–H groups in total. The number of ether oxygens (including phenoxy) is 2. The van der Waals surface area contributed by atoms with Gasteiger partial charge in [0.1, 0.15) is 5.75 Å². The molecule has 1 rings (SSSR count). The van der Waals surface area contributed by atoms with Gasteiger partial charge in [-0.1, -0.05) is 12.1 Å². The summed E-state index contributed by atoms with van der Waals surface area (Å²) in [5.74, 6) is 0.671. The fourth-order valence-corrected chi connectivity index (χ4v) is 1.77. The van der Waals surface area contributed by atoms with E-state index in [0.29, 0.717) is 19.8 Å². The van der Waals surface area contributed by atoms with Gasteiger partial charge in [-0.3, -0.25) is 4.79 Å². The number of hydrogen-bond acceptors (Lipinski definition) is 3. The van der Waals surface area contributed by atoms with Crippen molar-refractivity contribution in [2.24, 2.45) is 0 Å². The summed E-state index contributed by atoms with van der Waals surface area (Å²) in [4.78, 5) is 11.9. The van der Waals surface area contributed by atoms with Gasteiger partial charge in [0.15, 0.2) is 6.10 Å². The Balaban J connectivity index is 2.39. The monoisotopic (exact) mass is 279 g/mol. The van der Waals surface area contributed by atoms with Crippen LogP contribution in [0.15, 0.2) is 18.2 Å². The maximum Gasteiger partial charge on any atom is 0.260 e. The van der Waals surface area contributed by atoms with Crippen molar-refractivity contribution >= 4 is 5.91 Å². The van der Waals surface area contributed by atoms with Gasteiger partial charge in [0.2, 0.25) is 0 Å². The molecule has 0 saturated carbocycles. The topological polar surface area (TPSA) is 47.6 Å². The summed E-state index contributed by atoms with van der Waals surface area (Å²) in [5.41, 5.74) is 2.23. The molecule has 4 nitrogen and oxygen atoms in total. The van der Waals surface area contributed by atoms with E-state index in [0.717, 1.165) is 23.3 Å². The van der Waals surface area contributed by atoms with Crippen molar-refractivity contribution in [1.82, 2.24) is 5.32 Å². The van der Waals surface area contributed by atoms with Crippen molar-refractivity contribution in [2.45, 2.75) is 40.2 Å². The third kappa shape index (κ3) is 5.21. The minimum atomic E-state index is -0.498. The highest BCUT2D eigenvalue weighted by Crippen LogP contribution is 2.21. The smallest absolute Gasteiger partial charge is 0.260 e. The summed E-state index contributed by atoms with van der Waals surface area (Å²) in [7, 11) is 0. The quantitative estimate of drug-likeness (QED) is 0.744. The van der Waals surface area contributed by atoms with E-state index < -0.39 is 6.10 Å². The van der Waals surface area contributed by atoms with Crippen molar-refractivity contribution in [2.75, 3.05) is 19.8 Å². The van der Waals surface area contributed by atoms with E-state index in [2.05, 4.69) is 5.32 Å². The van der Waals surface area contributed by atoms with Gasteiger partial charge in [0.05, 0.1) is 0 Å². The van der Waals surface area contributed by atoms with Crippen LogP contribution in [0.4, 0.5) is 0 Å². The number of carbonyl (C=O) groups is 1. The molecule has 0 fully saturated rings. The largest absolute Gasteiger partial charge is 0.481 e. The summed E-state index contributed by atoms with van der Waals surface area (Å²) in [5, 5.41) is 2.85. The van der Waals surface area contributed by atoms with Crippen LogP contribution in [0.3, 0.4) is 0 Å². The second-order valence-electron chi connectivity index (χ2n) is 4.80. The third-order valence-electron chi connectivity index (χ3n) is 3.20. The van der Waals surface area contributed by atoms with Gasteiger partial charge < -0.3 is 14.8 Å². The van der Waals surface area contributed by atoms with Crippen LogP contribution >= 0.6 is 0 Å². The van der Waals surface area contributed by atoms with Crippen LogP contribution in [-0.2, 0) is 9.53 Å². The van der Waals surface area contributed by atoms with Gasteiger partial charge in [0, 0.05) is 19.8 Å². The summed E-state index contributed by atoms with van der Waals surface area (Å²) in [6.07, 6.45) is 0.318. The molecule has 0 aromatic heterocycles. The molecule has 0 unspecified atom stereocenters. The zero-order valence-electron chi connectivity index (χ0n) is 12.9. The predicted molar refractivity (Wildman–Crippen MR) is 80.1 cm³/mol. The number of carbonyl (C=O) groups excluding carboxylic acids is 1. The van der Waals surface area contributed by atoms with Crippen LogP contribution < -0.4 is 10.1 Å². The molecule has 0 radical (unpaired) electrons. The molecule has 4 heteroatoms. The number of amides is 1. The van der Waals surface area contributed by atoms with Crippen molar-refractivity contribution in [3.05, 3.63) is 29.3 Å². The first-order chi connectivity index (χ1) is 9.56. The molecular formula is C16H25NO3. The van der Waals surface area contributed by atoms with Gasteiger partial charge in [-0.15, -0.1) is 0 Å². The fraction of sp³-hybridized carbons (Fsp3) is 0.562. The second kappa shape index (κ2) is 8.59. The Bertz CT molecular complexity index is 432. The molecule has 0 bridgehead atoms. The van der Waals surface area contributed by atoms with E-state index in [1.807, 2.05) is 39.0 Å². The van der Waals surface area contributed by atoms with Crippen LogP contribution in [0.1, 0.15) is 31.4 Å². The van der Waals surface area contributed by atoms with E-state index in [1.165, 1.54) is 0 Å². The van der Waals surface area contributed by atoms with Gasteiger partial charge in [-0.25, -0.2) is 0 Å². The number of hydrogen-bond donors (Lipinski definition) is 1. The number of nitrogens with one attached hydrogen (secondary N) is 1. The van der Waals surface area contributed by atoms with E-state index in [9.17, 15) is 4.79 Å². The highest BCUT2D eigenvalue weighted by molar-refractivity contribution is 5.80. The molecule has 0 aliphatic carbocycles. The Morgan fingerprint density at radius 3 is 2.80 bits per heavy atom. The Labute approximate surface area is 121 Å². The van der Waals surface area contributed by atoms with Crippen LogP contribution in [0.25, 0.3) is 0 Å². The van der Waals surface area contributed by atoms with Gasteiger partial charge in [-0.2, -0.15) is 0 Å². The van der Waals surface area contributed by atoms with Gasteiger partial charge in [-0.05, 0) is 51.3 Å². The Morgan fingerprint density at radius 2 is 2.10 bits per heavy atom. The summed E-state index contributed by atoms with van der Waals surface area (Å²) >= 11 is 0. The molecule has 1 atom stereocenters. The molecule has 1 amide bonds. The van der Waals surface area contributed by atoms with Crippen molar-refractivity contribution < 1.29 is 14.3 Å². The fourth-order valence-electron chi connectivity index (χ4n) is 1.77. The first kappa shape index (κ1) is 16.5.